The third kappa shape index (κ3) is 2.35. The van der Waals surface area contributed by atoms with Crippen LogP contribution >= 0.6 is 0 Å². The van der Waals surface area contributed by atoms with Crippen LogP contribution in [0.2, 0.25) is 0 Å². The van der Waals surface area contributed by atoms with E-state index in [1.165, 1.54) is 6.20 Å². The topological polar surface area (TPSA) is 63.0 Å². The number of carbonyl (C=O) groups excluding carboxylic acids is 1. The number of rotatable bonds is 2. The second kappa shape index (κ2) is 4.09. The van der Waals surface area contributed by atoms with Gasteiger partial charge in [-0.1, -0.05) is 0 Å². The lowest BCUT2D eigenvalue weighted by Crippen LogP contribution is -2.32. The van der Waals surface area contributed by atoms with Gasteiger partial charge in [0.05, 0.1) is 11.3 Å². The van der Waals surface area contributed by atoms with Crippen LogP contribution in [-0.4, -0.2) is 16.6 Å². The van der Waals surface area contributed by atoms with Gasteiger partial charge in [-0.25, -0.2) is 0 Å². The zero-order valence-electron chi connectivity index (χ0n) is 10.9. The van der Waals surface area contributed by atoms with Crippen LogP contribution in [0.5, 0.6) is 0 Å². The summed E-state index contributed by atoms with van der Waals surface area (Å²) in [4.78, 5) is 16.4. The van der Waals surface area contributed by atoms with E-state index in [0.29, 0.717) is 11.3 Å². The highest BCUT2D eigenvalue weighted by molar-refractivity contribution is 5.86. The van der Waals surface area contributed by atoms with Crippen molar-refractivity contribution in [3.8, 4) is 6.07 Å². The average Bonchev–Trinajstić information content (AvgIpc) is 3.08. The number of hydrogen-bond acceptors (Lipinski definition) is 4. The van der Waals surface area contributed by atoms with E-state index in [0.717, 1.165) is 12.8 Å². The number of pyridine rings is 1. The number of carbonyl (C=O) groups is 1. The van der Waals surface area contributed by atoms with E-state index >= 15 is 0 Å². The highest BCUT2D eigenvalue weighted by Crippen LogP contribution is 2.48. The largest absolute Gasteiger partial charge is 0.459 e. The Morgan fingerprint density at radius 1 is 1.44 bits per heavy atom. The van der Waals surface area contributed by atoms with Crippen LogP contribution in [-0.2, 0) is 14.9 Å². The number of nitriles is 1. The van der Waals surface area contributed by atoms with Crippen molar-refractivity contribution in [3.63, 3.8) is 0 Å². The van der Waals surface area contributed by atoms with Crippen LogP contribution in [0.4, 0.5) is 0 Å². The fourth-order valence-electron chi connectivity index (χ4n) is 1.81. The van der Waals surface area contributed by atoms with Crippen molar-refractivity contribution >= 4 is 5.97 Å². The van der Waals surface area contributed by atoms with Gasteiger partial charge in [-0.05, 0) is 45.7 Å². The van der Waals surface area contributed by atoms with Gasteiger partial charge in [0, 0.05) is 6.20 Å². The fourth-order valence-corrected chi connectivity index (χ4v) is 1.81. The molecule has 1 saturated carbocycles. The molecule has 0 spiro atoms. The van der Waals surface area contributed by atoms with Crippen LogP contribution in [0.25, 0.3) is 0 Å². The molecule has 0 radical (unpaired) electrons. The van der Waals surface area contributed by atoms with Gasteiger partial charge in [-0.15, -0.1) is 0 Å². The molecule has 0 atom stereocenters. The maximum absolute atomic E-state index is 12.2. The molecular weight excluding hydrogens is 228 g/mol. The van der Waals surface area contributed by atoms with E-state index in [9.17, 15) is 4.79 Å². The maximum atomic E-state index is 12.2. The summed E-state index contributed by atoms with van der Waals surface area (Å²) in [5, 5.41) is 8.73. The van der Waals surface area contributed by atoms with Crippen molar-refractivity contribution < 1.29 is 9.53 Å². The van der Waals surface area contributed by atoms with Gasteiger partial charge in [0.1, 0.15) is 17.1 Å². The predicted molar refractivity (Wildman–Crippen MR) is 65.7 cm³/mol. The normalized spacial score (nSPS) is 16.8. The summed E-state index contributed by atoms with van der Waals surface area (Å²) in [6, 6.07) is 5.45. The molecule has 1 aromatic rings. The Kier molecular flexibility index (Phi) is 2.86. The third-order valence-corrected chi connectivity index (χ3v) is 2.92. The lowest BCUT2D eigenvalue weighted by Gasteiger charge is -2.23. The lowest BCUT2D eigenvalue weighted by atomic mass is 10.0. The second-order valence-electron chi connectivity index (χ2n) is 5.63. The molecule has 0 aliphatic heterocycles. The van der Waals surface area contributed by atoms with E-state index in [4.69, 9.17) is 10.00 Å². The molecule has 1 aromatic heterocycles. The first kappa shape index (κ1) is 12.6. The minimum atomic E-state index is -0.582. The first-order valence-electron chi connectivity index (χ1n) is 5.97. The average molecular weight is 244 g/mol. The molecule has 2 rings (SSSR count). The molecule has 1 aliphatic rings. The zero-order valence-corrected chi connectivity index (χ0v) is 10.9. The molecule has 0 bridgehead atoms. The molecule has 18 heavy (non-hydrogen) atoms. The Morgan fingerprint density at radius 2 is 2.11 bits per heavy atom. The van der Waals surface area contributed by atoms with E-state index in [2.05, 4.69) is 4.98 Å². The van der Waals surface area contributed by atoms with Crippen molar-refractivity contribution in [2.45, 2.75) is 44.6 Å². The molecule has 0 saturated heterocycles. The zero-order chi connectivity index (χ0) is 13.4. The molecule has 4 nitrogen and oxygen atoms in total. The lowest BCUT2D eigenvalue weighted by molar-refractivity contribution is -0.158. The summed E-state index contributed by atoms with van der Waals surface area (Å²) in [7, 11) is 0. The van der Waals surface area contributed by atoms with Crippen molar-refractivity contribution in [3.05, 3.63) is 29.6 Å². The SMILES string of the molecule is CC(C)(C)OC(=O)C1(c2ccc(C#N)cn2)CC1. The van der Waals surface area contributed by atoms with E-state index in [1.807, 2.05) is 26.8 Å². The van der Waals surface area contributed by atoms with Gasteiger partial charge >= 0.3 is 5.97 Å². The van der Waals surface area contributed by atoms with Gasteiger partial charge in [-0.2, -0.15) is 5.26 Å². The molecule has 94 valence electrons. The van der Waals surface area contributed by atoms with Crippen LogP contribution < -0.4 is 0 Å². The second-order valence-corrected chi connectivity index (χ2v) is 5.63. The first-order chi connectivity index (χ1) is 8.37. The summed E-state index contributed by atoms with van der Waals surface area (Å²) < 4.78 is 5.43. The summed E-state index contributed by atoms with van der Waals surface area (Å²) in [5.74, 6) is -0.216. The van der Waals surface area contributed by atoms with Crippen LogP contribution in [0.15, 0.2) is 18.3 Å². The molecular formula is C14H16N2O2. The van der Waals surface area contributed by atoms with Crippen LogP contribution in [0.1, 0.15) is 44.9 Å². The van der Waals surface area contributed by atoms with Crippen molar-refractivity contribution in [2.24, 2.45) is 0 Å². The van der Waals surface area contributed by atoms with Crippen LogP contribution in [0, 0.1) is 11.3 Å². The monoisotopic (exact) mass is 244 g/mol. The van der Waals surface area contributed by atoms with Gasteiger partial charge in [-0.3, -0.25) is 9.78 Å². The summed E-state index contributed by atoms with van der Waals surface area (Å²) in [5.41, 5.74) is 0.134. The number of aromatic nitrogens is 1. The van der Waals surface area contributed by atoms with Gasteiger partial charge < -0.3 is 4.74 Å². The third-order valence-electron chi connectivity index (χ3n) is 2.92. The highest BCUT2D eigenvalue weighted by atomic mass is 16.6. The molecule has 0 unspecified atom stereocenters. The standard InChI is InChI=1S/C14H16N2O2/c1-13(2,3)18-12(17)14(6-7-14)11-5-4-10(8-15)9-16-11/h4-5,9H,6-7H2,1-3H3. The van der Waals surface area contributed by atoms with Crippen molar-refractivity contribution in [2.75, 3.05) is 0 Å². The van der Waals surface area contributed by atoms with Gasteiger partial charge in [0.15, 0.2) is 0 Å². The van der Waals surface area contributed by atoms with Gasteiger partial charge in [0.2, 0.25) is 0 Å². The number of ether oxygens (including phenoxy) is 1. The fraction of sp³-hybridized carbons (Fsp3) is 0.500. The van der Waals surface area contributed by atoms with Gasteiger partial charge in [0.25, 0.3) is 0 Å². The minimum absolute atomic E-state index is 0.216. The molecule has 1 fully saturated rings. The number of esters is 1. The highest BCUT2D eigenvalue weighted by Gasteiger charge is 2.54. The van der Waals surface area contributed by atoms with Crippen LogP contribution in [0.3, 0.4) is 0 Å². The molecule has 0 N–H and O–H groups in total. The molecule has 1 aliphatic carbocycles. The Hall–Kier alpha value is -1.89. The molecule has 1 heterocycles. The Labute approximate surface area is 107 Å². The summed E-state index contributed by atoms with van der Waals surface area (Å²) in [6.45, 7) is 5.56. The Morgan fingerprint density at radius 3 is 2.50 bits per heavy atom. The number of nitrogens with zero attached hydrogens (tertiary/aromatic N) is 2. The van der Waals surface area contributed by atoms with E-state index in [-0.39, 0.29) is 5.97 Å². The maximum Gasteiger partial charge on any atom is 0.318 e. The van der Waals surface area contributed by atoms with E-state index in [1.54, 1.807) is 12.1 Å². The molecule has 0 amide bonds. The Balaban J connectivity index is 2.21. The molecule has 4 heteroatoms. The Bertz CT molecular complexity index is 502. The quantitative estimate of drug-likeness (QED) is 0.749. The minimum Gasteiger partial charge on any atom is -0.459 e. The first-order valence-corrected chi connectivity index (χ1v) is 5.97. The molecule has 0 aromatic carbocycles. The summed E-state index contributed by atoms with van der Waals surface area (Å²) in [6.07, 6.45) is 3.03. The van der Waals surface area contributed by atoms with E-state index < -0.39 is 11.0 Å². The van der Waals surface area contributed by atoms with Crippen molar-refractivity contribution in [1.82, 2.24) is 4.98 Å². The summed E-state index contributed by atoms with van der Waals surface area (Å²) >= 11 is 0. The van der Waals surface area contributed by atoms with Crippen molar-refractivity contribution in [1.29, 1.82) is 5.26 Å². The number of hydrogen-bond donors (Lipinski definition) is 0. The smallest absolute Gasteiger partial charge is 0.318 e. The predicted octanol–water partition coefficient (Wildman–Crippen LogP) is 2.33.